The molecule has 1 amide bonds. The van der Waals surface area contributed by atoms with Crippen LogP contribution in [-0.4, -0.2) is 39.5 Å². The number of sulfonamides is 1. The highest BCUT2D eigenvalue weighted by Gasteiger charge is 2.21. The van der Waals surface area contributed by atoms with Crippen LogP contribution in [0.3, 0.4) is 0 Å². The van der Waals surface area contributed by atoms with Gasteiger partial charge in [0, 0.05) is 12.1 Å². The molecule has 7 heteroatoms. The van der Waals surface area contributed by atoms with Crippen molar-refractivity contribution in [2.24, 2.45) is 0 Å². The molecule has 0 heterocycles. The lowest BCUT2D eigenvalue weighted by Gasteiger charge is -2.23. The highest BCUT2D eigenvalue weighted by molar-refractivity contribution is 7.92. The summed E-state index contributed by atoms with van der Waals surface area (Å²) in [4.78, 5) is 23.9. The number of nitrogens with zero attached hydrogens (tertiary/aromatic N) is 1. The van der Waals surface area contributed by atoms with Crippen molar-refractivity contribution in [2.45, 2.75) is 19.8 Å². The van der Waals surface area contributed by atoms with Crippen LogP contribution in [0.25, 0.3) is 0 Å². The number of Topliss-reactive ketones (excluding diaryl/α,β-unsaturated/α-hetero) is 1. The number of amides is 1. The Morgan fingerprint density at radius 3 is 2.33 bits per heavy atom. The third-order valence-corrected chi connectivity index (χ3v) is 5.34. The molecule has 2 rings (SSSR count). The standard InChI is InChI=1S/C20H24N2O4S/c1-15(17-8-5-4-6-9-17)13-21-20(24)14-22(27(3,25)26)19-11-7-10-18(12-19)16(2)23/h4-12,15H,13-14H2,1-3H3,(H,21,24). The van der Waals surface area contributed by atoms with Gasteiger partial charge in [0.25, 0.3) is 0 Å². The fourth-order valence-corrected chi connectivity index (χ4v) is 3.48. The second-order valence-corrected chi connectivity index (χ2v) is 8.40. The Hall–Kier alpha value is -2.67. The van der Waals surface area contributed by atoms with Crippen molar-refractivity contribution in [1.29, 1.82) is 0 Å². The van der Waals surface area contributed by atoms with E-state index < -0.39 is 15.9 Å². The lowest BCUT2D eigenvalue weighted by Crippen LogP contribution is -2.41. The number of nitrogens with one attached hydrogen (secondary N) is 1. The Kier molecular flexibility index (Phi) is 6.74. The van der Waals surface area contributed by atoms with Gasteiger partial charge in [0.15, 0.2) is 5.78 Å². The van der Waals surface area contributed by atoms with Crippen molar-refractivity contribution in [3.05, 3.63) is 65.7 Å². The maximum Gasteiger partial charge on any atom is 0.240 e. The van der Waals surface area contributed by atoms with E-state index in [1.54, 1.807) is 18.2 Å². The zero-order valence-corrected chi connectivity index (χ0v) is 16.5. The highest BCUT2D eigenvalue weighted by Crippen LogP contribution is 2.19. The van der Waals surface area contributed by atoms with Crippen LogP contribution in [0.4, 0.5) is 5.69 Å². The van der Waals surface area contributed by atoms with E-state index >= 15 is 0 Å². The molecule has 0 aliphatic rings. The fourth-order valence-electron chi connectivity index (χ4n) is 2.63. The molecule has 144 valence electrons. The van der Waals surface area contributed by atoms with Gasteiger partial charge in [-0.1, -0.05) is 49.4 Å². The van der Waals surface area contributed by atoms with Crippen LogP contribution in [-0.2, 0) is 14.8 Å². The molecule has 6 nitrogen and oxygen atoms in total. The second-order valence-electron chi connectivity index (χ2n) is 6.49. The molecular weight excluding hydrogens is 364 g/mol. The number of carbonyl (C=O) groups excluding carboxylic acids is 2. The largest absolute Gasteiger partial charge is 0.354 e. The van der Waals surface area contributed by atoms with Gasteiger partial charge in [-0.3, -0.25) is 13.9 Å². The molecule has 1 atom stereocenters. The normalized spacial score (nSPS) is 12.3. The van der Waals surface area contributed by atoms with Crippen molar-refractivity contribution < 1.29 is 18.0 Å². The molecule has 0 aliphatic carbocycles. The quantitative estimate of drug-likeness (QED) is 0.705. The summed E-state index contributed by atoms with van der Waals surface area (Å²) in [7, 11) is -3.69. The van der Waals surface area contributed by atoms with Gasteiger partial charge in [0.1, 0.15) is 6.54 Å². The van der Waals surface area contributed by atoms with Crippen LogP contribution < -0.4 is 9.62 Å². The van der Waals surface area contributed by atoms with E-state index in [4.69, 9.17) is 0 Å². The maximum atomic E-state index is 12.3. The van der Waals surface area contributed by atoms with Gasteiger partial charge >= 0.3 is 0 Å². The van der Waals surface area contributed by atoms with Crippen molar-refractivity contribution in [3.63, 3.8) is 0 Å². The van der Waals surface area contributed by atoms with Crippen LogP contribution in [0.15, 0.2) is 54.6 Å². The molecule has 0 radical (unpaired) electrons. The molecule has 2 aromatic carbocycles. The van der Waals surface area contributed by atoms with Gasteiger partial charge in [0.05, 0.1) is 11.9 Å². The molecule has 0 aliphatic heterocycles. The van der Waals surface area contributed by atoms with E-state index in [2.05, 4.69) is 5.32 Å². The van der Waals surface area contributed by atoms with Gasteiger partial charge in [-0.05, 0) is 30.5 Å². The topological polar surface area (TPSA) is 83.6 Å². The van der Waals surface area contributed by atoms with Crippen molar-refractivity contribution >= 4 is 27.4 Å². The van der Waals surface area contributed by atoms with Crippen molar-refractivity contribution in [1.82, 2.24) is 5.32 Å². The SMILES string of the molecule is CC(=O)c1cccc(N(CC(=O)NCC(C)c2ccccc2)S(C)(=O)=O)c1. The summed E-state index contributed by atoms with van der Waals surface area (Å²) in [5.74, 6) is -0.481. The second kappa shape index (κ2) is 8.81. The van der Waals surface area contributed by atoms with E-state index in [0.29, 0.717) is 12.1 Å². The predicted octanol–water partition coefficient (Wildman–Crippen LogP) is 2.58. The summed E-state index contributed by atoms with van der Waals surface area (Å²) in [6.45, 7) is 3.44. The van der Waals surface area contributed by atoms with Gasteiger partial charge < -0.3 is 5.32 Å². The minimum Gasteiger partial charge on any atom is -0.354 e. The number of hydrogen-bond acceptors (Lipinski definition) is 4. The fraction of sp³-hybridized carbons (Fsp3) is 0.300. The number of hydrogen-bond donors (Lipinski definition) is 1. The maximum absolute atomic E-state index is 12.3. The predicted molar refractivity (Wildman–Crippen MR) is 107 cm³/mol. The first kappa shape index (κ1) is 20.6. The highest BCUT2D eigenvalue weighted by atomic mass is 32.2. The molecule has 0 bridgehead atoms. The average Bonchev–Trinajstić information content (AvgIpc) is 2.64. The Morgan fingerprint density at radius 2 is 1.74 bits per heavy atom. The molecule has 27 heavy (non-hydrogen) atoms. The number of benzene rings is 2. The summed E-state index contributed by atoms with van der Waals surface area (Å²) in [6.07, 6.45) is 1.04. The van der Waals surface area contributed by atoms with Crippen molar-refractivity contribution in [3.8, 4) is 0 Å². The third-order valence-electron chi connectivity index (χ3n) is 4.20. The Morgan fingerprint density at radius 1 is 1.07 bits per heavy atom. The zero-order chi connectivity index (χ0) is 20.0. The number of ketones is 1. The van der Waals surface area contributed by atoms with Gasteiger partial charge in [-0.25, -0.2) is 8.42 Å². The van der Waals surface area contributed by atoms with Gasteiger partial charge in [0.2, 0.25) is 15.9 Å². The van der Waals surface area contributed by atoms with E-state index in [-0.39, 0.29) is 23.9 Å². The van der Waals surface area contributed by atoms with Crippen molar-refractivity contribution in [2.75, 3.05) is 23.7 Å². The Balaban J connectivity index is 2.09. The number of anilines is 1. The number of rotatable bonds is 8. The molecule has 0 aromatic heterocycles. The first-order valence-electron chi connectivity index (χ1n) is 8.59. The van der Waals surface area contributed by atoms with Crippen LogP contribution in [0.1, 0.15) is 35.7 Å². The summed E-state index contributed by atoms with van der Waals surface area (Å²) in [5, 5.41) is 2.78. The minimum atomic E-state index is -3.69. The summed E-state index contributed by atoms with van der Waals surface area (Å²) >= 11 is 0. The molecule has 2 aromatic rings. The first-order valence-corrected chi connectivity index (χ1v) is 10.4. The van der Waals surface area contributed by atoms with E-state index in [1.807, 2.05) is 37.3 Å². The lowest BCUT2D eigenvalue weighted by atomic mass is 10.0. The molecule has 0 spiro atoms. The van der Waals surface area contributed by atoms with Crippen LogP contribution in [0.2, 0.25) is 0 Å². The summed E-state index contributed by atoms with van der Waals surface area (Å²) in [5.41, 5.74) is 1.77. The molecule has 0 saturated heterocycles. The van der Waals surface area contributed by atoms with Crippen LogP contribution in [0, 0.1) is 0 Å². The zero-order valence-electron chi connectivity index (χ0n) is 15.7. The third kappa shape index (κ3) is 5.92. The molecule has 1 N–H and O–H groups in total. The minimum absolute atomic E-state index is 0.0999. The molecular formula is C20H24N2O4S. The Labute approximate surface area is 160 Å². The summed E-state index contributed by atoms with van der Waals surface area (Å²) < 4.78 is 25.3. The monoisotopic (exact) mass is 388 g/mol. The van der Waals surface area contributed by atoms with Crippen LogP contribution >= 0.6 is 0 Å². The molecule has 0 fully saturated rings. The Bertz CT molecular complexity index is 911. The number of carbonyl (C=O) groups is 2. The van der Waals surface area contributed by atoms with Gasteiger partial charge in [-0.2, -0.15) is 0 Å². The van der Waals surface area contributed by atoms with Gasteiger partial charge in [-0.15, -0.1) is 0 Å². The van der Waals surface area contributed by atoms with E-state index in [9.17, 15) is 18.0 Å². The molecule has 0 saturated carbocycles. The molecule has 1 unspecified atom stereocenters. The summed E-state index contributed by atoms with van der Waals surface area (Å²) in [6, 6.07) is 16.0. The average molecular weight is 388 g/mol. The smallest absolute Gasteiger partial charge is 0.240 e. The van der Waals surface area contributed by atoms with Crippen LogP contribution in [0.5, 0.6) is 0 Å². The first-order chi connectivity index (χ1) is 12.7. The van der Waals surface area contributed by atoms with E-state index in [0.717, 1.165) is 16.1 Å². The van der Waals surface area contributed by atoms with E-state index in [1.165, 1.54) is 13.0 Å². The lowest BCUT2D eigenvalue weighted by molar-refractivity contribution is -0.119.